The largest absolute Gasteiger partial charge is 0.468 e. The maximum atomic E-state index is 13.8. The molecule has 1 N–H and O–H groups in total. The van der Waals surface area contributed by atoms with Gasteiger partial charge >= 0.3 is 5.97 Å². The molecular weight excluding hydrogens is 448 g/mol. The van der Waals surface area contributed by atoms with E-state index in [-0.39, 0.29) is 17.9 Å². The number of ether oxygens (including phenoxy) is 1. The van der Waals surface area contributed by atoms with Gasteiger partial charge in [-0.05, 0) is 72.4 Å². The Labute approximate surface area is 205 Å². The minimum absolute atomic E-state index is 0.0521. The van der Waals surface area contributed by atoms with Crippen molar-refractivity contribution in [3.63, 3.8) is 0 Å². The summed E-state index contributed by atoms with van der Waals surface area (Å²) >= 11 is 0. The Balaban J connectivity index is 3.39. The molecule has 0 fully saturated rings. The van der Waals surface area contributed by atoms with Gasteiger partial charge in [-0.15, -0.1) is 0 Å². The number of rotatable bonds is 13. The van der Waals surface area contributed by atoms with E-state index in [2.05, 4.69) is 32.9 Å². The van der Waals surface area contributed by atoms with Gasteiger partial charge in [0.15, 0.2) is 14.6 Å². The van der Waals surface area contributed by atoms with Crippen molar-refractivity contribution in [2.75, 3.05) is 13.7 Å². The van der Waals surface area contributed by atoms with Crippen molar-refractivity contribution in [2.24, 2.45) is 0 Å². The highest BCUT2D eigenvalue weighted by atomic mass is 32.2. The second-order valence-corrected chi connectivity index (χ2v) is 11.2. The number of esters is 1. The number of methoxy groups -OCH3 is 1. The fourth-order valence-corrected chi connectivity index (χ4v) is 5.81. The first-order valence-electron chi connectivity index (χ1n) is 11.6. The Morgan fingerprint density at radius 2 is 1.50 bits per heavy atom. The van der Waals surface area contributed by atoms with Crippen molar-refractivity contribution < 1.29 is 23.1 Å². The zero-order valence-electron chi connectivity index (χ0n) is 21.4. The molecule has 0 aliphatic carbocycles. The smallest absolute Gasteiger partial charge is 0.331 e. The van der Waals surface area contributed by atoms with Crippen LogP contribution < -0.4 is 0 Å². The molecule has 1 atom stereocenters. The molecule has 1 aromatic carbocycles. The third-order valence-corrected chi connectivity index (χ3v) is 7.93. The van der Waals surface area contributed by atoms with E-state index in [9.17, 15) is 18.3 Å². The highest BCUT2D eigenvalue weighted by molar-refractivity contribution is 7.93. The number of sulfone groups is 1. The molecule has 1 unspecified atom stereocenters. The first-order valence-corrected chi connectivity index (χ1v) is 13.1. The van der Waals surface area contributed by atoms with Gasteiger partial charge in [0.05, 0.1) is 18.6 Å². The van der Waals surface area contributed by atoms with E-state index < -0.39 is 20.6 Å². The van der Waals surface area contributed by atoms with Gasteiger partial charge in [0.2, 0.25) is 0 Å². The molecule has 6 heteroatoms. The summed E-state index contributed by atoms with van der Waals surface area (Å²) in [5.41, 5.74) is 3.96. The third kappa shape index (κ3) is 8.41. The third-order valence-electron chi connectivity index (χ3n) is 5.65. The van der Waals surface area contributed by atoms with Crippen molar-refractivity contribution in [1.82, 2.24) is 0 Å². The SMILES string of the molecule is COC(=O)C(/C=C(\C)CC/C=C(\C)CCC=C(C)C)(C/C(C)=C/CO)S(=O)(=O)c1ccccc1. The molecular formula is C28H40O5S. The Morgan fingerprint density at radius 3 is 2.06 bits per heavy atom. The lowest BCUT2D eigenvalue weighted by Crippen LogP contribution is -2.46. The molecule has 0 aromatic heterocycles. The molecule has 0 spiro atoms. The molecule has 5 nitrogen and oxygen atoms in total. The van der Waals surface area contributed by atoms with Crippen molar-refractivity contribution in [2.45, 2.75) is 76.4 Å². The van der Waals surface area contributed by atoms with E-state index in [0.717, 1.165) is 24.8 Å². The number of hydrogen-bond donors (Lipinski definition) is 1. The molecule has 0 aliphatic rings. The van der Waals surface area contributed by atoms with Crippen LogP contribution in [0.4, 0.5) is 0 Å². The van der Waals surface area contributed by atoms with Gasteiger partial charge in [-0.2, -0.15) is 0 Å². The molecule has 0 saturated heterocycles. The van der Waals surface area contributed by atoms with Crippen molar-refractivity contribution in [1.29, 1.82) is 0 Å². The number of aliphatic hydroxyl groups is 1. The first kappa shape index (κ1) is 29.6. The molecule has 0 radical (unpaired) electrons. The van der Waals surface area contributed by atoms with E-state index in [0.29, 0.717) is 12.0 Å². The molecule has 1 rings (SSSR count). The van der Waals surface area contributed by atoms with Crippen LogP contribution in [0.5, 0.6) is 0 Å². The maximum Gasteiger partial charge on any atom is 0.331 e. The van der Waals surface area contributed by atoms with Crippen LogP contribution in [0.25, 0.3) is 0 Å². The Kier molecular flexibility index (Phi) is 12.2. The summed E-state index contributed by atoms with van der Waals surface area (Å²) in [5, 5.41) is 9.32. The monoisotopic (exact) mass is 488 g/mol. The lowest BCUT2D eigenvalue weighted by Gasteiger charge is -2.29. The number of carbonyl (C=O) groups is 1. The number of hydrogen-bond acceptors (Lipinski definition) is 5. The summed E-state index contributed by atoms with van der Waals surface area (Å²) in [5.74, 6) is -0.838. The predicted octanol–water partition coefficient (Wildman–Crippen LogP) is 6.12. The summed E-state index contributed by atoms with van der Waals surface area (Å²) in [6, 6.07) is 7.96. The number of benzene rings is 1. The van der Waals surface area contributed by atoms with Crippen LogP contribution >= 0.6 is 0 Å². The van der Waals surface area contributed by atoms with Gasteiger partial charge in [-0.1, -0.05) is 64.8 Å². The zero-order valence-corrected chi connectivity index (χ0v) is 22.2. The Morgan fingerprint density at radius 1 is 0.912 bits per heavy atom. The fraction of sp³-hybridized carbons (Fsp3) is 0.464. The van der Waals surface area contributed by atoms with Crippen molar-refractivity contribution >= 4 is 15.8 Å². The van der Waals surface area contributed by atoms with Gasteiger partial charge in [0, 0.05) is 6.42 Å². The topological polar surface area (TPSA) is 80.7 Å². The van der Waals surface area contributed by atoms with E-state index in [1.165, 1.54) is 36.5 Å². The summed E-state index contributed by atoms with van der Waals surface area (Å²) in [7, 11) is -2.94. The molecule has 188 valence electrons. The molecule has 0 saturated carbocycles. The standard InChI is InChI=1S/C28H40O5S/c1-22(2)12-10-13-23(3)14-11-15-24(4)20-28(27(30)33-6,21-25(5)18-19-29)34(31,32)26-16-8-7-9-17-26/h7-9,12,14,16-18,20,29H,10-11,13,15,19,21H2,1-6H3/b23-14+,24-20+,25-18+. The van der Waals surface area contributed by atoms with Crippen LogP contribution in [0.1, 0.15) is 66.7 Å². The first-order chi connectivity index (χ1) is 16.0. The number of aliphatic hydroxyl groups excluding tert-OH is 1. The quantitative estimate of drug-likeness (QED) is 0.267. The minimum Gasteiger partial charge on any atom is -0.468 e. The van der Waals surface area contributed by atoms with Crippen LogP contribution in [0.2, 0.25) is 0 Å². The maximum absolute atomic E-state index is 13.8. The van der Waals surface area contributed by atoms with E-state index in [1.807, 2.05) is 6.92 Å². The second-order valence-electron chi connectivity index (χ2n) is 9.01. The highest BCUT2D eigenvalue weighted by Gasteiger charge is 2.51. The Bertz CT molecular complexity index is 1030. The Hall–Kier alpha value is -2.44. The normalized spacial score (nSPS) is 15.0. The van der Waals surface area contributed by atoms with Crippen LogP contribution in [0, 0.1) is 0 Å². The fourth-order valence-electron chi connectivity index (χ4n) is 3.80. The molecule has 0 aliphatic heterocycles. The zero-order chi connectivity index (χ0) is 25.8. The van der Waals surface area contributed by atoms with Crippen LogP contribution in [-0.4, -0.2) is 38.0 Å². The average Bonchev–Trinajstić information content (AvgIpc) is 2.78. The lowest BCUT2D eigenvalue weighted by molar-refractivity contribution is -0.142. The molecule has 1 aromatic rings. The van der Waals surface area contributed by atoms with Gasteiger partial charge in [0.1, 0.15) is 0 Å². The highest BCUT2D eigenvalue weighted by Crippen LogP contribution is 2.36. The number of carbonyl (C=O) groups excluding carboxylic acids is 1. The molecule has 0 bridgehead atoms. The average molecular weight is 489 g/mol. The summed E-state index contributed by atoms with van der Waals surface area (Å²) in [6.07, 6.45) is 10.7. The minimum atomic E-state index is -4.14. The number of allylic oxidation sites excluding steroid dienone is 6. The predicted molar refractivity (Wildman–Crippen MR) is 139 cm³/mol. The van der Waals surface area contributed by atoms with E-state index in [4.69, 9.17) is 4.74 Å². The van der Waals surface area contributed by atoms with Crippen molar-refractivity contribution in [3.8, 4) is 0 Å². The van der Waals surface area contributed by atoms with Crippen molar-refractivity contribution in [3.05, 3.63) is 76.9 Å². The summed E-state index contributed by atoms with van der Waals surface area (Å²) in [4.78, 5) is 13.2. The van der Waals surface area contributed by atoms with Gasteiger partial charge in [-0.25, -0.2) is 13.2 Å². The van der Waals surface area contributed by atoms with Crippen LogP contribution in [-0.2, 0) is 19.4 Å². The molecule has 34 heavy (non-hydrogen) atoms. The van der Waals surface area contributed by atoms with Crippen LogP contribution in [0.15, 0.2) is 81.8 Å². The van der Waals surface area contributed by atoms with E-state index >= 15 is 0 Å². The molecule has 0 amide bonds. The summed E-state index contributed by atoms with van der Waals surface area (Å²) < 4.78 is 30.8. The molecule has 0 heterocycles. The lowest BCUT2D eigenvalue weighted by atomic mass is 9.95. The van der Waals surface area contributed by atoms with Gasteiger partial charge < -0.3 is 9.84 Å². The van der Waals surface area contributed by atoms with Crippen LogP contribution in [0.3, 0.4) is 0 Å². The summed E-state index contributed by atoms with van der Waals surface area (Å²) in [6.45, 7) is 9.57. The van der Waals surface area contributed by atoms with E-state index in [1.54, 1.807) is 31.2 Å². The van der Waals surface area contributed by atoms with Gasteiger partial charge in [0.25, 0.3) is 0 Å². The second kappa shape index (κ2) is 14.1. The van der Waals surface area contributed by atoms with Gasteiger partial charge in [-0.3, -0.25) is 0 Å².